The molecule has 494 valence electrons. The van der Waals surface area contributed by atoms with Crippen LogP contribution in [0.15, 0.2) is 0 Å². The molecule has 0 saturated carbocycles. The molecular weight excluding hydrogens is 1560 g/mol. The van der Waals surface area contributed by atoms with Crippen LogP contribution in [0.3, 0.4) is 0 Å². The van der Waals surface area contributed by atoms with Crippen molar-refractivity contribution in [2.75, 3.05) is 0 Å². The van der Waals surface area contributed by atoms with E-state index in [1.165, 1.54) is 0 Å². The first kappa shape index (κ1) is 85.9. The zero-order valence-corrected chi connectivity index (χ0v) is 41.5. The maximum atomic E-state index is 12.9. The van der Waals surface area contributed by atoms with Crippen LogP contribution in [0, 0.1) is 0 Å². The maximum Gasteiger partial charge on any atom is 3.00 e. The number of sulfonamides is 6. The fourth-order valence-corrected chi connectivity index (χ4v) is 10.6. The van der Waals surface area contributed by atoms with Gasteiger partial charge in [-0.1, -0.05) is 0 Å². The largest absolute Gasteiger partial charge is 3.00 e. The summed E-state index contributed by atoms with van der Waals surface area (Å²) >= 11 is 0. The van der Waals surface area contributed by atoms with Gasteiger partial charge < -0.3 is 12.4 Å². The zero-order valence-electron chi connectivity index (χ0n) is 34.0. The van der Waals surface area contributed by atoms with Crippen molar-refractivity contribution in [3.8, 4) is 0 Å². The molecule has 0 N–H and O–H groups in total. The molecule has 0 heterocycles. The molecule has 0 aromatic rings. The number of alkyl halides is 42. The number of nitrogens with zero attached hydrogens (tertiary/aromatic N) is 3. The van der Waals surface area contributed by atoms with Gasteiger partial charge >= 0.3 is 129 Å². The van der Waals surface area contributed by atoms with Crippen LogP contribution in [-0.4, -0.2) is 179 Å². The van der Waals surface area contributed by atoms with Crippen LogP contribution < -0.4 is 0 Å². The van der Waals surface area contributed by atoms with Crippen LogP contribution in [0.4, 0.5) is 184 Å². The molecule has 0 spiro atoms. The van der Waals surface area contributed by atoms with Crippen molar-refractivity contribution in [2.45, 2.75) is 104 Å². The molecule has 0 bridgehead atoms. The summed E-state index contributed by atoms with van der Waals surface area (Å²) in [6.45, 7) is 0. The van der Waals surface area contributed by atoms with Crippen molar-refractivity contribution in [3.63, 3.8) is 0 Å². The van der Waals surface area contributed by atoms with Gasteiger partial charge in [0, 0.05) is 0 Å². The van der Waals surface area contributed by atoms with Crippen LogP contribution in [-0.2, 0) is 60.1 Å². The molecule has 0 aliphatic carbocycles. The van der Waals surface area contributed by atoms with Crippen molar-refractivity contribution >= 4 is 84.6 Å². The monoisotopic (exact) mass is 1560 g/mol. The Kier molecular flexibility index (Phi) is 23.6. The summed E-state index contributed by atoms with van der Waals surface area (Å²) in [6, 6.07) is 0. The third-order valence-electron chi connectivity index (χ3n) is 6.86. The summed E-state index contributed by atoms with van der Waals surface area (Å²) in [6.07, 6.45) is -44.8. The summed E-state index contributed by atoms with van der Waals surface area (Å²) in [5.74, 6) is -46.3. The van der Waals surface area contributed by atoms with Crippen molar-refractivity contribution in [2.24, 2.45) is 0 Å². The van der Waals surface area contributed by atoms with E-state index in [4.69, 9.17) is 0 Å². The predicted octanol–water partition coefficient (Wildman–Crippen LogP) is 10.4. The molecule has 0 amide bonds. The van der Waals surface area contributed by atoms with E-state index in [0.717, 1.165) is 0 Å². The Balaban J connectivity index is -0.000000553. The summed E-state index contributed by atoms with van der Waals surface area (Å²) < 4.78 is 644. The van der Waals surface area contributed by atoms with Crippen LogP contribution in [0.1, 0.15) is 0 Å². The first-order valence-corrected chi connectivity index (χ1v) is 23.9. The van der Waals surface area contributed by atoms with E-state index in [2.05, 4.69) is 0 Å². The fraction of sp³-hybridized carbons (Fsp3) is 1.00. The number of rotatable bonds is 18. The summed E-state index contributed by atoms with van der Waals surface area (Å²) in [5.41, 5.74) is 0. The van der Waals surface area contributed by atoms with Crippen LogP contribution in [0.25, 0.3) is 12.4 Å². The molecule has 82 heavy (non-hydrogen) atoms. The standard InChI is InChI=1S/3C6F14NO4S2.Sb/c3*7-1(8,3(11,12)13)5(17,18)26(22,23)21-27(24,25)6(19,20)2(9,10)4(14,15)16;/q3*-1;+3. The Morgan fingerprint density at radius 3 is 0.268 bits per heavy atom. The van der Waals surface area contributed by atoms with E-state index in [9.17, 15) is 235 Å². The van der Waals surface area contributed by atoms with Gasteiger partial charge in [0.15, 0.2) is 60.1 Å². The molecule has 0 aliphatic rings. The van der Waals surface area contributed by atoms with Crippen molar-refractivity contribution in [1.29, 1.82) is 0 Å². The second-order valence-electron chi connectivity index (χ2n) is 12.6. The third kappa shape index (κ3) is 14.4. The Hall–Kier alpha value is -2.54. The van der Waals surface area contributed by atoms with Crippen molar-refractivity contribution in [3.05, 3.63) is 12.4 Å². The molecule has 0 saturated heterocycles. The molecule has 64 heteroatoms. The summed E-state index contributed by atoms with van der Waals surface area (Å²) in [7, 11) is -49.8. The second kappa shape index (κ2) is 22.6. The fourth-order valence-electron chi connectivity index (χ4n) is 2.63. The first-order valence-electron chi connectivity index (χ1n) is 15.3. The second-order valence-corrected chi connectivity index (χ2v) is 23.2. The average Bonchev–Trinajstić information content (AvgIpc) is 3.13. The van der Waals surface area contributed by atoms with E-state index < -0.39 is 164 Å². The molecule has 0 aromatic carbocycles. The van der Waals surface area contributed by atoms with Gasteiger partial charge in [0.25, 0.3) is 0 Å². The average molecular weight is 1560 g/mol. The molecule has 0 aliphatic heterocycles. The Bertz CT molecular complexity index is 2450. The quantitative estimate of drug-likeness (QED) is 0.0918. The SMILES string of the molecule is O=S(=O)([N-]S(=O)(=O)C(F)(F)C(F)(F)C(F)(F)F)C(F)(F)C(F)(F)C(F)(F)F.O=S(=O)([N-]S(=O)(=O)C(F)(F)C(F)(F)C(F)(F)F)C(F)(F)C(F)(F)C(F)(F)F.O=S(=O)([N-]S(=O)(=O)C(F)(F)C(F)(F)C(F)(F)F)C(F)(F)C(F)(F)C(F)(F)F.[Sb+3]. The molecule has 0 unspecified atom stereocenters. The Morgan fingerprint density at radius 2 is 0.220 bits per heavy atom. The molecule has 15 nitrogen and oxygen atoms in total. The van der Waals surface area contributed by atoms with Crippen LogP contribution in [0.2, 0.25) is 0 Å². The number of hydrogen-bond donors (Lipinski definition) is 0. The first-order chi connectivity index (χ1) is 33.6. The van der Waals surface area contributed by atoms with Crippen molar-refractivity contribution < 1.29 is 235 Å². The molecule has 0 rings (SSSR count). The van der Waals surface area contributed by atoms with E-state index in [-0.39, 0.29) is 36.8 Å². The third-order valence-corrected chi connectivity index (χ3v) is 17.0. The van der Waals surface area contributed by atoms with Crippen LogP contribution in [0.5, 0.6) is 0 Å². The van der Waals surface area contributed by atoms with Gasteiger partial charge in [0.2, 0.25) is 0 Å². The normalized spacial score (nSPS) is 16.3. The molecular formula is C18F42N3O12S6Sb. The van der Waals surface area contributed by atoms with Gasteiger partial charge in [-0.05, 0) is 0 Å². The topological polar surface area (TPSA) is 247 Å². The zero-order chi connectivity index (χ0) is 68.1. The van der Waals surface area contributed by atoms with Crippen molar-refractivity contribution in [1.82, 2.24) is 0 Å². The van der Waals surface area contributed by atoms with Gasteiger partial charge in [-0.15, -0.1) is 0 Å². The Morgan fingerprint density at radius 1 is 0.159 bits per heavy atom. The summed E-state index contributed by atoms with van der Waals surface area (Å²) in [4.78, 5) is 0. The van der Waals surface area contributed by atoms with Gasteiger partial charge in [-0.3, -0.25) is 0 Å². The van der Waals surface area contributed by atoms with E-state index >= 15 is 0 Å². The van der Waals surface area contributed by atoms with Gasteiger partial charge in [0.05, 0.1) is 0 Å². The minimum Gasteiger partial charge on any atom is -0.425 e. The van der Waals surface area contributed by atoms with Crippen LogP contribution >= 0.6 is 0 Å². The molecule has 0 atom stereocenters. The van der Waals surface area contributed by atoms with Gasteiger partial charge in [0.1, 0.15) is 0 Å². The minimum absolute atomic E-state index is 0. The minimum atomic E-state index is -8.29. The number of halogens is 42. The van der Waals surface area contributed by atoms with Gasteiger partial charge in [-0.25, -0.2) is 50.5 Å². The van der Waals surface area contributed by atoms with E-state index in [1.54, 1.807) is 0 Å². The number of hydrogen-bond acceptors (Lipinski definition) is 12. The molecule has 0 fully saturated rings. The predicted molar refractivity (Wildman–Crippen MR) is 165 cm³/mol. The molecule has 2 radical (unpaired) electrons. The molecule has 0 aromatic heterocycles. The summed E-state index contributed by atoms with van der Waals surface area (Å²) in [5, 5.41) is -46.1. The maximum absolute atomic E-state index is 12.9. The van der Waals surface area contributed by atoms with Gasteiger partial charge in [-0.2, -0.15) is 184 Å². The van der Waals surface area contributed by atoms with E-state index in [1.807, 2.05) is 0 Å². The smallest absolute Gasteiger partial charge is 0.425 e. The Labute approximate surface area is 435 Å². The van der Waals surface area contributed by atoms with E-state index in [0.29, 0.717) is 0 Å².